The molecule has 0 atom stereocenters. The molecule has 1 amide bonds. The van der Waals surface area contributed by atoms with Gasteiger partial charge in [0.2, 0.25) is 5.91 Å². The van der Waals surface area contributed by atoms with Crippen LogP contribution in [0.1, 0.15) is 40.7 Å². The molecule has 140 valence electrons. The highest BCUT2D eigenvalue weighted by molar-refractivity contribution is 5.92. The Morgan fingerprint density at radius 3 is 2.37 bits per heavy atom. The number of amides is 1. The lowest BCUT2D eigenvalue weighted by Crippen LogP contribution is -2.36. The van der Waals surface area contributed by atoms with E-state index in [1.165, 1.54) is 26.4 Å². The fraction of sp³-hybridized carbons (Fsp3) is 0.304. The van der Waals surface area contributed by atoms with Crippen LogP contribution in [0.15, 0.2) is 60.7 Å². The van der Waals surface area contributed by atoms with E-state index in [9.17, 15) is 9.59 Å². The molecule has 2 aromatic rings. The summed E-state index contributed by atoms with van der Waals surface area (Å²) in [6, 6.07) is 17.1. The summed E-state index contributed by atoms with van der Waals surface area (Å²) in [7, 11) is 1.36. The summed E-state index contributed by atoms with van der Waals surface area (Å²) in [6.45, 7) is 1.43. The molecule has 0 radical (unpaired) electrons. The van der Waals surface area contributed by atoms with Crippen LogP contribution in [0, 0.1) is 5.92 Å². The van der Waals surface area contributed by atoms with E-state index in [0.29, 0.717) is 18.0 Å². The second-order valence-corrected chi connectivity index (χ2v) is 6.95. The number of benzene rings is 2. The molecule has 3 rings (SSSR count). The van der Waals surface area contributed by atoms with Gasteiger partial charge in [0, 0.05) is 19.2 Å². The van der Waals surface area contributed by atoms with Crippen LogP contribution in [0.2, 0.25) is 0 Å². The predicted molar refractivity (Wildman–Crippen MR) is 106 cm³/mol. The van der Waals surface area contributed by atoms with Crippen LogP contribution in [0.5, 0.6) is 0 Å². The summed E-state index contributed by atoms with van der Waals surface area (Å²) in [5, 5.41) is 0. The third kappa shape index (κ3) is 5.30. The van der Waals surface area contributed by atoms with E-state index in [4.69, 9.17) is 4.74 Å². The maximum atomic E-state index is 12.8. The van der Waals surface area contributed by atoms with Crippen LogP contribution in [-0.4, -0.2) is 30.4 Å². The van der Waals surface area contributed by atoms with E-state index in [1.54, 1.807) is 24.3 Å². The van der Waals surface area contributed by atoms with Gasteiger partial charge < -0.3 is 9.64 Å². The number of hydrogen-bond acceptors (Lipinski definition) is 3. The normalized spacial score (nSPS) is 14.0. The Bertz CT molecular complexity index is 792. The molecule has 0 N–H and O–H groups in total. The number of methoxy groups -OCH3 is 1. The Kier molecular flexibility index (Phi) is 6.42. The topological polar surface area (TPSA) is 46.6 Å². The number of carbonyl (C=O) groups excluding carboxylic acids is 2. The molecular formula is C23H25NO3. The standard InChI is InChI=1S/C23H25NO3/c1-27-23(26)21-13-10-18(11-14-21)12-15-22(25)24(17-20-8-5-9-20)16-19-6-3-2-4-7-19/h2-4,6-7,10-15,20H,5,8-9,16-17H2,1H3. The highest BCUT2D eigenvalue weighted by atomic mass is 16.5. The molecule has 1 aliphatic carbocycles. The van der Waals surface area contributed by atoms with Gasteiger partial charge in [0.05, 0.1) is 12.7 Å². The van der Waals surface area contributed by atoms with Crippen LogP contribution in [0.3, 0.4) is 0 Å². The van der Waals surface area contributed by atoms with Gasteiger partial charge in [0.15, 0.2) is 0 Å². The molecule has 1 aliphatic rings. The molecule has 0 spiro atoms. The Morgan fingerprint density at radius 1 is 1.07 bits per heavy atom. The molecule has 1 fully saturated rings. The fourth-order valence-corrected chi connectivity index (χ4v) is 3.14. The molecule has 0 aromatic heterocycles. The van der Waals surface area contributed by atoms with Crippen LogP contribution in [0.4, 0.5) is 0 Å². The van der Waals surface area contributed by atoms with E-state index in [0.717, 1.165) is 17.7 Å². The SMILES string of the molecule is COC(=O)c1ccc(C=CC(=O)N(Cc2ccccc2)CC2CCC2)cc1. The first kappa shape index (κ1) is 18.9. The lowest BCUT2D eigenvalue weighted by atomic mass is 9.85. The van der Waals surface area contributed by atoms with Crippen LogP contribution in [-0.2, 0) is 16.1 Å². The van der Waals surface area contributed by atoms with E-state index in [1.807, 2.05) is 35.2 Å². The summed E-state index contributed by atoms with van der Waals surface area (Å²) in [4.78, 5) is 26.2. The number of rotatable bonds is 7. The number of esters is 1. The Labute approximate surface area is 160 Å². The van der Waals surface area contributed by atoms with E-state index >= 15 is 0 Å². The maximum absolute atomic E-state index is 12.8. The van der Waals surface area contributed by atoms with Gasteiger partial charge in [-0.15, -0.1) is 0 Å². The van der Waals surface area contributed by atoms with Crippen molar-refractivity contribution in [2.24, 2.45) is 5.92 Å². The van der Waals surface area contributed by atoms with Crippen molar-refractivity contribution < 1.29 is 14.3 Å². The fourth-order valence-electron chi connectivity index (χ4n) is 3.14. The van der Waals surface area contributed by atoms with Gasteiger partial charge >= 0.3 is 5.97 Å². The third-order valence-corrected chi connectivity index (χ3v) is 4.98. The molecule has 2 aromatic carbocycles. The van der Waals surface area contributed by atoms with Gasteiger partial charge in [-0.2, -0.15) is 0 Å². The zero-order valence-corrected chi connectivity index (χ0v) is 15.6. The van der Waals surface area contributed by atoms with Crippen LogP contribution >= 0.6 is 0 Å². The van der Waals surface area contributed by atoms with Gasteiger partial charge in [0.1, 0.15) is 0 Å². The third-order valence-electron chi connectivity index (χ3n) is 4.98. The molecule has 0 aliphatic heterocycles. The zero-order chi connectivity index (χ0) is 19.1. The molecule has 0 unspecified atom stereocenters. The molecule has 0 saturated heterocycles. The second-order valence-electron chi connectivity index (χ2n) is 6.95. The van der Waals surface area contributed by atoms with Crippen LogP contribution < -0.4 is 0 Å². The lowest BCUT2D eigenvalue weighted by molar-refractivity contribution is -0.127. The van der Waals surface area contributed by atoms with E-state index in [-0.39, 0.29) is 11.9 Å². The summed E-state index contributed by atoms with van der Waals surface area (Å²) in [5.74, 6) is 0.268. The number of nitrogens with zero attached hydrogens (tertiary/aromatic N) is 1. The monoisotopic (exact) mass is 363 g/mol. The molecule has 4 nitrogen and oxygen atoms in total. The molecule has 4 heteroatoms. The zero-order valence-electron chi connectivity index (χ0n) is 15.6. The minimum absolute atomic E-state index is 0.0165. The summed E-state index contributed by atoms with van der Waals surface area (Å²) in [5.41, 5.74) is 2.51. The van der Waals surface area contributed by atoms with E-state index in [2.05, 4.69) is 12.1 Å². The Balaban J connectivity index is 1.67. The Hall–Kier alpha value is -2.88. The average Bonchev–Trinajstić information content (AvgIpc) is 2.68. The Morgan fingerprint density at radius 2 is 1.78 bits per heavy atom. The van der Waals surface area contributed by atoms with Crippen molar-refractivity contribution in [3.8, 4) is 0 Å². The van der Waals surface area contributed by atoms with Crippen molar-refractivity contribution in [3.05, 3.63) is 77.4 Å². The smallest absolute Gasteiger partial charge is 0.337 e. The molecule has 0 heterocycles. The van der Waals surface area contributed by atoms with Gasteiger partial charge in [-0.05, 0) is 48.1 Å². The largest absolute Gasteiger partial charge is 0.465 e. The highest BCUT2D eigenvalue weighted by Crippen LogP contribution is 2.27. The van der Waals surface area contributed by atoms with Crippen molar-refractivity contribution in [1.29, 1.82) is 0 Å². The first-order valence-corrected chi connectivity index (χ1v) is 9.35. The average molecular weight is 363 g/mol. The van der Waals surface area contributed by atoms with Gasteiger partial charge in [-0.25, -0.2) is 4.79 Å². The quantitative estimate of drug-likeness (QED) is 0.544. The molecule has 27 heavy (non-hydrogen) atoms. The molecule has 0 bridgehead atoms. The predicted octanol–water partition coefficient (Wildman–Crippen LogP) is 4.32. The van der Waals surface area contributed by atoms with Crippen molar-refractivity contribution >= 4 is 18.0 Å². The summed E-state index contributed by atoms with van der Waals surface area (Å²) >= 11 is 0. The minimum atomic E-state index is -0.365. The van der Waals surface area contributed by atoms with Crippen molar-refractivity contribution in [2.75, 3.05) is 13.7 Å². The number of carbonyl (C=O) groups is 2. The summed E-state index contributed by atoms with van der Waals surface area (Å²) in [6.07, 6.45) is 7.09. The van der Waals surface area contributed by atoms with Gasteiger partial charge in [-0.3, -0.25) is 4.79 Å². The van der Waals surface area contributed by atoms with Gasteiger partial charge in [-0.1, -0.05) is 48.9 Å². The highest BCUT2D eigenvalue weighted by Gasteiger charge is 2.22. The first-order valence-electron chi connectivity index (χ1n) is 9.35. The molecule has 1 saturated carbocycles. The van der Waals surface area contributed by atoms with Crippen LogP contribution in [0.25, 0.3) is 6.08 Å². The van der Waals surface area contributed by atoms with Crippen molar-refractivity contribution in [2.45, 2.75) is 25.8 Å². The second kappa shape index (κ2) is 9.17. The molecular weight excluding hydrogens is 338 g/mol. The number of hydrogen-bond donors (Lipinski definition) is 0. The maximum Gasteiger partial charge on any atom is 0.337 e. The van der Waals surface area contributed by atoms with Crippen molar-refractivity contribution in [3.63, 3.8) is 0 Å². The first-order chi connectivity index (χ1) is 13.2. The van der Waals surface area contributed by atoms with Crippen molar-refractivity contribution in [1.82, 2.24) is 4.90 Å². The number of ether oxygens (including phenoxy) is 1. The van der Waals surface area contributed by atoms with Gasteiger partial charge in [0.25, 0.3) is 0 Å². The summed E-state index contributed by atoms with van der Waals surface area (Å²) < 4.78 is 4.70. The minimum Gasteiger partial charge on any atom is -0.465 e. The lowest BCUT2D eigenvalue weighted by Gasteiger charge is -2.32. The van der Waals surface area contributed by atoms with E-state index < -0.39 is 0 Å².